The molecule has 0 unspecified atom stereocenters. The summed E-state index contributed by atoms with van der Waals surface area (Å²) in [6, 6.07) is 26.4. The molecule has 2 heterocycles. The number of benzene rings is 4. The Morgan fingerprint density at radius 3 is 2.00 bits per heavy atom. The minimum absolute atomic E-state index is 0.0654. The molecule has 0 saturated carbocycles. The Balaban J connectivity index is 1.30. The van der Waals surface area contributed by atoms with Crippen LogP contribution in [0.3, 0.4) is 0 Å². The van der Waals surface area contributed by atoms with E-state index < -0.39 is 0 Å². The zero-order chi connectivity index (χ0) is 25.9. The number of hydrogen-bond acceptors (Lipinski definition) is 1. The third-order valence-corrected chi connectivity index (χ3v) is 8.52. The first-order chi connectivity index (χ1) is 17.7. The van der Waals surface area contributed by atoms with Crippen molar-refractivity contribution in [1.29, 1.82) is 0 Å². The van der Waals surface area contributed by atoms with Gasteiger partial charge in [0.25, 0.3) is 0 Å². The van der Waals surface area contributed by atoms with Crippen LogP contribution in [0.4, 0.5) is 11.4 Å². The molecule has 2 aliphatic heterocycles. The molecule has 6 rings (SSSR count). The van der Waals surface area contributed by atoms with Crippen molar-refractivity contribution in [2.24, 2.45) is 0 Å². The summed E-state index contributed by atoms with van der Waals surface area (Å²) in [6.45, 7) is 9.35. The van der Waals surface area contributed by atoms with Crippen molar-refractivity contribution in [1.82, 2.24) is 0 Å². The highest BCUT2D eigenvalue weighted by molar-refractivity contribution is 6.07. The van der Waals surface area contributed by atoms with Crippen LogP contribution in [-0.4, -0.2) is 24.4 Å². The van der Waals surface area contributed by atoms with Crippen LogP contribution in [0.1, 0.15) is 38.8 Å². The highest BCUT2D eigenvalue weighted by Gasteiger charge is 2.44. The van der Waals surface area contributed by atoms with Crippen LogP contribution in [0.25, 0.3) is 21.5 Å². The van der Waals surface area contributed by atoms with Crippen LogP contribution >= 0.6 is 0 Å². The minimum Gasteiger partial charge on any atom is -0.347 e. The molecule has 0 bridgehead atoms. The Morgan fingerprint density at radius 1 is 0.676 bits per heavy atom. The number of nitrogens with zero attached hydrogens (tertiary/aromatic N) is 2. The molecule has 4 aromatic rings. The average molecular weight is 484 g/mol. The third-order valence-electron chi connectivity index (χ3n) is 8.52. The van der Waals surface area contributed by atoms with Gasteiger partial charge in [0.1, 0.15) is 7.05 Å². The molecule has 2 nitrogen and oxygen atoms in total. The average Bonchev–Trinajstić information content (AvgIpc) is 3.21. The van der Waals surface area contributed by atoms with Crippen molar-refractivity contribution in [3.8, 4) is 0 Å². The van der Waals surface area contributed by atoms with Crippen LogP contribution in [-0.2, 0) is 10.8 Å². The predicted octanol–water partition coefficient (Wildman–Crippen LogP) is 8.42. The van der Waals surface area contributed by atoms with Gasteiger partial charge in [-0.2, -0.15) is 4.58 Å². The molecular formula is C35H35N2+. The van der Waals surface area contributed by atoms with E-state index in [9.17, 15) is 0 Å². The molecule has 37 heavy (non-hydrogen) atoms. The van der Waals surface area contributed by atoms with Crippen molar-refractivity contribution in [3.05, 3.63) is 120 Å². The number of anilines is 1. The lowest BCUT2D eigenvalue weighted by Crippen LogP contribution is -2.26. The van der Waals surface area contributed by atoms with Gasteiger partial charge in [-0.25, -0.2) is 0 Å². The molecule has 0 saturated heterocycles. The molecule has 2 heteroatoms. The van der Waals surface area contributed by atoms with Gasteiger partial charge in [0.2, 0.25) is 5.69 Å². The largest absolute Gasteiger partial charge is 0.347 e. The standard InChI is InChI=1S/C35H35N2/c1-34(2)30(36(5)28-22-20-24-14-10-12-16-26(24)32(28)34)18-8-7-9-19-31-35(3,4)33-27-17-13-11-15-25(27)21-23-29(33)37(31)6/h7-23H,1-6H3/q+1. The normalized spacial score (nSPS) is 19.2. The highest BCUT2D eigenvalue weighted by atomic mass is 15.2. The van der Waals surface area contributed by atoms with Crippen LogP contribution in [0.15, 0.2) is 109 Å². The van der Waals surface area contributed by atoms with Gasteiger partial charge in [-0.3, -0.25) is 0 Å². The molecule has 0 aliphatic carbocycles. The van der Waals surface area contributed by atoms with Crippen molar-refractivity contribution in [2.75, 3.05) is 19.0 Å². The van der Waals surface area contributed by atoms with E-state index in [0.717, 1.165) is 0 Å². The first kappa shape index (κ1) is 23.5. The molecule has 0 aromatic heterocycles. The summed E-state index contributed by atoms with van der Waals surface area (Å²) in [5.74, 6) is 0. The van der Waals surface area contributed by atoms with Crippen LogP contribution < -0.4 is 4.90 Å². The fraction of sp³-hybridized carbons (Fsp3) is 0.229. The van der Waals surface area contributed by atoms with Crippen LogP contribution in [0, 0.1) is 0 Å². The van der Waals surface area contributed by atoms with Gasteiger partial charge in [0, 0.05) is 41.6 Å². The van der Waals surface area contributed by atoms with Gasteiger partial charge in [-0.1, -0.05) is 86.7 Å². The Morgan fingerprint density at radius 2 is 1.30 bits per heavy atom. The molecule has 0 spiro atoms. The smallest absolute Gasteiger partial charge is 0.210 e. The zero-order valence-corrected chi connectivity index (χ0v) is 22.7. The van der Waals surface area contributed by atoms with E-state index in [2.05, 4.69) is 154 Å². The predicted molar refractivity (Wildman–Crippen MR) is 160 cm³/mol. The summed E-state index contributed by atoms with van der Waals surface area (Å²) >= 11 is 0. The quantitative estimate of drug-likeness (QED) is 0.209. The number of fused-ring (bicyclic) bond motifs is 6. The van der Waals surface area contributed by atoms with Gasteiger partial charge < -0.3 is 4.90 Å². The lowest BCUT2D eigenvalue weighted by molar-refractivity contribution is -0.401. The lowest BCUT2D eigenvalue weighted by atomic mass is 9.79. The molecule has 0 amide bonds. The van der Waals surface area contributed by atoms with E-state index >= 15 is 0 Å². The molecule has 2 aliphatic rings. The summed E-state index contributed by atoms with van der Waals surface area (Å²) in [7, 11) is 4.37. The Hall–Kier alpha value is -3.91. The maximum Gasteiger partial charge on any atom is 0.210 e. The Kier molecular flexibility index (Phi) is 5.28. The summed E-state index contributed by atoms with van der Waals surface area (Å²) in [4.78, 5) is 2.35. The van der Waals surface area contributed by atoms with Gasteiger partial charge in [-0.15, -0.1) is 0 Å². The van der Waals surface area contributed by atoms with E-state index in [4.69, 9.17) is 0 Å². The van der Waals surface area contributed by atoms with E-state index in [1.54, 1.807) is 0 Å². The topological polar surface area (TPSA) is 6.25 Å². The van der Waals surface area contributed by atoms with Gasteiger partial charge in [0.05, 0.1) is 5.41 Å². The van der Waals surface area contributed by atoms with Crippen molar-refractivity contribution < 1.29 is 4.58 Å². The minimum atomic E-state index is -0.0654. The Labute approximate surface area is 220 Å². The van der Waals surface area contributed by atoms with E-state index in [1.165, 1.54) is 55.5 Å². The highest BCUT2D eigenvalue weighted by Crippen LogP contribution is 2.50. The van der Waals surface area contributed by atoms with Crippen molar-refractivity contribution in [2.45, 2.75) is 38.5 Å². The SMILES string of the molecule is CN1/C(=C/C=C/C=C/C2=[N+](C)c3ccc4ccccc4c3C2(C)C)C(C)(C)c2c1ccc1ccccc21. The zero-order valence-electron chi connectivity index (χ0n) is 22.7. The summed E-state index contributed by atoms with van der Waals surface area (Å²) in [5.41, 5.74) is 7.93. The summed E-state index contributed by atoms with van der Waals surface area (Å²) in [6.07, 6.45) is 11.1. The maximum atomic E-state index is 2.35. The molecule has 0 fully saturated rings. The first-order valence-electron chi connectivity index (χ1n) is 13.2. The number of hydrogen-bond donors (Lipinski definition) is 0. The van der Waals surface area contributed by atoms with E-state index in [1.807, 2.05) is 0 Å². The van der Waals surface area contributed by atoms with Gasteiger partial charge in [0.15, 0.2) is 5.71 Å². The molecule has 0 atom stereocenters. The van der Waals surface area contributed by atoms with Gasteiger partial charge in [-0.05, 0) is 59.2 Å². The van der Waals surface area contributed by atoms with Gasteiger partial charge >= 0.3 is 0 Å². The van der Waals surface area contributed by atoms with E-state index in [-0.39, 0.29) is 10.8 Å². The fourth-order valence-corrected chi connectivity index (χ4v) is 6.74. The van der Waals surface area contributed by atoms with Crippen LogP contribution in [0.5, 0.6) is 0 Å². The monoisotopic (exact) mass is 483 g/mol. The summed E-state index contributed by atoms with van der Waals surface area (Å²) < 4.78 is 2.35. The second kappa shape index (κ2) is 8.31. The summed E-state index contributed by atoms with van der Waals surface area (Å²) in [5, 5.41) is 5.30. The fourth-order valence-electron chi connectivity index (χ4n) is 6.74. The van der Waals surface area contributed by atoms with Crippen molar-refractivity contribution in [3.63, 3.8) is 0 Å². The number of allylic oxidation sites excluding steroid dienone is 6. The Bertz CT molecular complexity index is 1690. The maximum absolute atomic E-state index is 2.35. The van der Waals surface area contributed by atoms with Crippen molar-refractivity contribution >= 4 is 38.6 Å². The first-order valence-corrected chi connectivity index (χ1v) is 13.2. The third kappa shape index (κ3) is 3.43. The number of rotatable bonds is 3. The van der Waals surface area contributed by atoms with Crippen LogP contribution in [0.2, 0.25) is 0 Å². The second-order valence-electron chi connectivity index (χ2n) is 11.4. The molecule has 0 radical (unpaired) electrons. The second-order valence-corrected chi connectivity index (χ2v) is 11.4. The lowest BCUT2D eigenvalue weighted by Gasteiger charge is -2.24. The van der Waals surface area contributed by atoms with E-state index in [0.29, 0.717) is 0 Å². The molecule has 0 N–H and O–H groups in total. The molecule has 184 valence electrons. The number of likely N-dealkylation sites (N-methyl/N-ethyl adjacent to an activating group) is 1. The molecule has 4 aromatic carbocycles. The molecular weight excluding hydrogens is 448 g/mol.